The first-order valence-corrected chi connectivity index (χ1v) is 6.20. The van der Waals surface area contributed by atoms with Gasteiger partial charge in [0, 0.05) is 13.1 Å². The van der Waals surface area contributed by atoms with Crippen LogP contribution in [0.2, 0.25) is 0 Å². The summed E-state index contributed by atoms with van der Waals surface area (Å²) in [5.74, 6) is -0.433. The van der Waals surface area contributed by atoms with E-state index in [-0.39, 0.29) is 18.4 Å². The predicted molar refractivity (Wildman–Crippen MR) is 72.0 cm³/mol. The summed E-state index contributed by atoms with van der Waals surface area (Å²) in [7, 11) is 0. The molecule has 1 amide bonds. The molecule has 0 unspecified atom stereocenters. The van der Waals surface area contributed by atoms with Crippen LogP contribution < -0.4 is 16.0 Å². The summed E-state index contributed by atoms with van der Waals surface area (Å²) in [6.45, 7) is 3.57. The number of nitrogen functional groups attached to an aromatic ring is 1. The van der Waals surface area contributed by atoms with Gasteiger partial charge in [-0.1, -0.05) is 0 Å². The Hall–Kier alpha value is -2.24. The Labute approximate surface area is 111 Å². The zero-order valence-corrected chi connectivity index (χ0v) is 10.8. The van der Waals surface area contributed by atoms with Crippen molar-refractivity contribution in [1.29, 1.82) is 0 Å². The molecular formula is C13H17N3O3. The highest BCUT2D eigenvalue weighted by atomic mass is 16.5. The number of hydrogen-bond acceptors (Lipinski definition) is 5. The van der Waals surface area contributed by atoms with Crippen molar-refractivity contribution in [3.8, 4) is 0 Å². The van der Waals surface area contributed by atoms with Gasteiger partial charge in [-0.05, 0) is 25.1 Å². The van der Waals surface area contributed by atoms with Crippen molar-refractivity contribution >= 4 is 23.3 Å². The van der Waals surface area contributed by atoms with Crippen molar-refractivity contribution in [2.75, 3.05) is 36.9 Å². The zero-order valence-electron chi connectivity index (χ0n) is 10.8. The van der Waals surface area contributed by atoms with E-state index < -0.39 is 0 Å². The summed E-state index contributed by atoms with van der Waals surface area (Å²) in [5.41, 5.74) is 7.60. The average molecular weight is 263 g/mol. The first kappa shape index (κ1) is 13.2. The van der Waals surface area contributed by atoms with Gasteiger partial charge in [0.1, 0.15) is 0 Å². The number of nitrogens with two attached hydrogens (primary N) is 1. The lowest BCUT2D eigenvalue weighted by molar-refractivity contribution is -0.120. The standard InChI is InChI=1S/C13H17N3O3/c1-2-19-13(18)9-3-4-10(14)11(7-9)16-6-5-15-12(17)8-16/h3-4,7H,2,5-6,8,14H2,1H3,(H,15,17). The molecule has 1 aromatic rings. The van der Waals surface area contributed by atoms with Gasteiger partial charge in [-0.3, -0.25) is 4.79 Å². The highest BCUT2D eigenvalue weighted by Gasteiger charge is 2.19. The van der Waals surface area contributed by atoms with E-state index in [4.69, 9.17) is 10.5 Å². The van der Waals surface area contributed by atoms with Crippen molar-refractivity contribution in [3.05, 3.63) is 23.8 Å². The van der Waals surface area contributed by atoms with Gasteiger partial charge in [0.15, 0.2) is 0 Å². The molecule has 6 heteroatoms. The Morgan fingerprint density at radius 1 is 1.53 bits per heavy atom. The number of amides is 1. The molecule has 0 atom stereocenters. The first-order chi connectivity index (χ1) is 9.11. The molecule has 6 nitrogen and oxygen atoms in total. The van der Waals surface area contributed by atoms with Crippen LogP contribution in [0, 0.1) is 0 Å². The van der Waals surface area contributed by atoms with Crippen LogP contribution in [0.5, 0.6) is 0 Å². The second-order valence-electron chi connectivity index (χ2n) is 4.27. The number of piperazine rings is 1. The zero-order chi connectivity index (χ0) is 13.8. The molecule has 1 aliphatic rings. The molecule has 1 fully saturated rings. The van der Waals surface area contributed by atoms with E-state index in [2.05, 4.69) is 5.32 Å². The minimum Gasteiger partial charge on any atom is -0.462 e. The quantitative estimate of drug-likeness (QED) is 0.608. The maximum atomic E-state index is 11.7. The molecule has 1 aliphatic heterocycles. The number of rotatable bonds is 3. The van der Waals surface area contributed by atoms with Crippen LogP contribution in [0.3, 0.4) is 0 Å². The van der Waals surface area contributed by atoms with Crippen molar-refractivity contribution in [2.45, 2.75) is 6.92 Å². The van der Waals surface area contributed by atoms with Gasteiger partial charge in [0.2, 0.25) is 5.91 Å². The van der Waals surface area contributed by atoms with E-state index in [0.717, 1.165) is 0 Å². The minimum atomic E-state index is -0.384. The van der Waals surface area contributed by atoms with Crippen molar-refractivity contribution in [1.82, 2.24) is 5.32 Å². The van der Waals surface area contributed by atoms with E-state index in [9.17, 15) is 9.59 Å². The molecule has 0 aromatic heterocycles. The summed E-state index contributed by atoms with van der Waals surface area (Å²) in [6, 6.07) is 4.96. The molecule has 0 spiro atoms. The number of carbonyl (C=O) groups excluding carboxylic acids is 2. The van der Waals surface area contributed by atoms with Crippen LogP contribution in [0.25, 0.3) is 0 Å². The monoisotopic (exact) mass is 263 g/mol. The van der Waals surface area contributed by atoms with Gasteiger partial charge >= 0.3 is 5.97 Å². The van der Waals surface area contributed by atoms with E-state index >= 15 is 0 Å². The van der Waals surface area contributed by atoms with Crippen LogP contribution in [0.4, 0.5) is 11.4 Å². The number of carbonyl (C=O) groups is 2. The maximum absolute atomic E-state index is 11.7. The largest absolute Gasteiger partial charge is 0.462 e. The lowest BCUT2D eigenvalue weighted by Gasteiger charge is -2.29. The molecule has 1 aromatic carbocycles. The second-order valence-corrected chi connectivity index (χ2v) is 4.27. The Bertz CT molecular complexity index is 502. The van der Waals surface area contributed by atoms with Crippen molar-refractivity contribution in [2.24, 2.45) is 0 Å². The third-order valence-corrected chi connectivity index (χ3v) is 2.92. The molecule has 1 heterocycles. The lowest BCUT2D eigenvalue weighted by atomic mass is 10.1. The van der Waals surface area contributed by atoms with Gasteiger partial charge in [-0.15, -0.1) is 0 Å². The topological polar surface area (TPSA) is 84.7 Å². The maximum Gasteiger partial charge on any atom is 0.338 e. The smallest absolute Gasteiger partial charge is 0.338 e. The Kier molecular flexibility index (Phi) is 3.89. The van der Waals surface area contributed by atoms with Crippen molar-refractivity contribution in [3.63, 3.8) is 0 Å². The number of ether oxygens (including phenoxy) is 1. The van der Waals surface area contributed by atoms with Gasteiger partial charge < -0.3 is 20.7 Å². The summed E-state index contributed by atoms with van der Waals surface area (Å²) >= 11 is 0. The van der Waals surface area contributed by atoms with Gasteiger partial charge in [-0.25, -0.2) is 4.79 Å². The van der Waals surface area contributed by atoms with Crippen LogP contribution in [0.15, 0.2) is 18.2 Å². The Balaban J connectivity index is 2.26. The number of anilines is 2. The Morgan fingerprint density at radius 3 is 3.00 bits per heavy atom. The molecule has 0 bridgehead atoms. The van der Waals surface area contributed by atoms with Crippen LogP contribution >= 0.6 is 0 Å². The summed E-state index contributed by atoms with van der Waals surface area (Å²) in [6.07, 6.45) is 0. The molecule has 1 saturated heterocycles. The van der Waals surface area contributed by atoms with Crippen molar-refractivity contribution < 1.29 is 14.3 Å². The van der Waals surface area contributed by atoms with Crippen LogP contribution in [0.1, 0.15) is 17.3 Å². The fraction of sp³-hybridized carbons (Fsp3) is 0.385. The SMILES string of the molecule is CCOC(=O)c1ccc(N)c(N2CCNC(=O)C2)c1. The molecule has 0 aliphatic carbocycles. The number of nitrogens with zero attached hydrogens (tertiary/aromatic N) is 1. The molecule has 0 radical (unpaired) electrons. The molecule has 3 N–H and O–H groups in total. The molecule has 19 heavy (non-hydrogen) atoms. The van der Waals surface area contributed by atoms with E-state index in [1.807, 2.05) is 4.90 Å². The third kappa shape index (κ3) is 2.96. The molecule has 0 saturated carbocycles. The second kappa shape index (κ2) is 5.60. The van der Waals surface area contributed by atoms with Crippen LogP contribution in [-0.2, 0) is 9.53 Å². The summed E-state index contributed by atoms with van der Waals surface area (Å²) < 4.78 is 4.95. The fourth-order valence-corrected chi connectivity index (χ4v) is 2.00. The van der Waals surface area contributed by atoms with E-state index in [1.165, 1.54) is 0 Å². The predicted octanol–water partition coefficient (Wildman–Crippen LogP) is 0.382. The van der Waals surface area contributed by atoms with E-state index in [0.29, 0.717) is 36.6 Å². The summed E-state index contributed by atoms with van der Waals surface area (Å²) in [5, 5.41) is 2.75. The average Bonchev–Trinajstić information content (AvgIpc) is 2.39. The fourth-order valence-electron chi connectivity index (χ4n) is 2.00. The highest BCUT2D eigenvalue weighted by molar-refractivity contribution is 5.93. The molecular weight excluding hydrogens is 246 g/mol. The van der Waals surface area contributed by atoms with E-state index in [1.54, 1.807) is 25.1 Å². The molecule has 102 valence electrons. The number of benzene rings is 1. The van der Waals surface area contributed by atoms with Crippen LogP contribution in [-0.4, -0.2) is 38.1 Å². The highest BCUT2D eigenvalue weighted by Crippen LogP contribution is 2.25. The summed E-state index contributed by atoms with van der Waals surface area (Å²) in [4.78, 5) is 24.9. The third-order valence-electron chi connectivity index (χ3n) is 2.92. The van der Waals surface area contributed by atoms with Gasteiger partial charge in [-0.2, -0.15) is 0 Å². The Morgan fingerprint density at radius 2 is 2.32 bits per heavy atom. The number of hydrogen-bond donors (Lipinski definition) is 2. The number of esters is 1. The normalized spacial score (nSPS) is 15.0. The molecule has 2 rings (SSSR count). The van der Waals surface area contributed by atoms with Gasteiger partial charge in [0.05, 0.1) is 30.1 Å². The van der Waals surface area contributed by atoms with Gasteiger partial charge in [0.25, 0.3) is 0 Å². The first-order valence-electron chi connectivity index (χ1n) is 6.20. The lowest BCUT2D eigenvalue weighted by Crippen LogP contribution is -2.47. The number of nitrogens with one attached hydrogen (secondary N) is 1. The minimum absolute atomic E-state index is 0.0489.